The fourth-order valence-electron chi connectivity index (χ4n) is 5.15. The molecule has 0 spiro atoms. The fourth-order valence-corrected chi connectivity index (χ4v) is 5.15. The van der Waals surface area contributed by atoms with Crippen LogP contribution in [0.3, 0.4) is 0 Å². The lowest BCUT2D eigenvalue weighted by molar-refractivity contribution is 0.0667. The highest BCUT2D eigenvalue weighted by Crippen LogP contribution is 2.44. The molecule has 2 aliphatic heterocycles. The van der Waals surface area contributed by atoms with E-state index in [1.807, 2.05) is 4.90 Å². The van der Waals surface area contributed by atoms with Gasteiger partial charge in [-0.3, -0.25) is 9.29 Å². The molecule has 192 valence electrons. The number of hydrogen-bond acceptors (Lipinski definition) is 3. The van der Waals surface area contributed by atoms with Gasteiger partial charge in [-0.25, -0.2) is 22.0 Å². The lowest BCUT2D eigenvalue weighted by Crippen LogP contribution is -2.49. The first-order chi connectivity index (χ1) is 17.2. The van der Waals surface area contributed by atoms with Gasteiger partial charge in [-0.15, -0.1) is 0 Å². The Morgan fingerprint density at radius 2 is 1.81 bits per heavy atom. The Kier molecular flexibility index (Phi) is 6.63. The Morgan fingerprint density at radius 3 is 2.47 bits per heavy atom. The van der Waals surface area contributed by atoms with E-state index in [0.717, 1.165) is 12.1 Å². The standard InChI is InChI=1S/C26H25F6N3O/c1-14-6-19-18-7-16(28)2-3-22(18)33-25(19)26(35(14)13-23(31)32)24-20(29)8-17(9-21(24)30)36-5-4-34-11-15(10-27)12-34/h2-3,7-9,15,23,26,33H,1,4-6,10-13H2/t26-/m1/s1. The number of aromatic amines is 1. The number of ether oxygens (including phenoxy) is 1. The van der Waals surface area contributed by atoms with Crippen LogP contribution in [0.1, 0.15) is 22.9 Å². The highest BCUT2D eigenvalue weighted by molar-refractivity contribution is 5.86. The maximum Gasteiger partial charge on any atom is 0.255 e. The summed E-state index contributed by atoms with van der Waals surface area (Å²) in [5.74, 6) is -2.42. The second-order valence-corrected chi connectivity index (χ2v) is 9.33. The topological polar surface area (TPSA) is 31.5 Å². The van der Waals surface area contributed by atoms with Crippen molar-refractivity contribution in [2.75, 3.05) is 39.5 Å². The number of aromatic nitrogens is 1. The van der Waals surface area contributed by atoms with Crippen molar-refractivity contribution < 1.29 is 31.1 Å². The average Bonchev–Trinajstić information content (AvgIpc) is 3.13. The van der Waals surface area contributed by atoms with Crippen molar-refractivity contribution in [3.8, 4) is 5.75 Å². The molecule has 2 aromatic carbocycles. The van der Waals surface area contributed by atoms with E-state index < -0.39 is 42.0 Å². The summed E-state index contributed by atoms with van der Waals surface area (Å²) in [5, 5.41) is 0.509. The van der Waals surface area contributed by atoms with Crippen LogP contribution in [0, 0.1) is 23.4 Å². The molecule has 3 heterocycles. The summed E-state index contributed by atoms with van der Waals surface area (Å²) in [5.41, 5.74) is 1.23. The highest BCUT2D eigenvalue weighted by Gasteiger charge is 2.38. The molecule has 0 radical (unpaired) electrons. The quantitative estimate of drug-likeness (QED) is 0.402. The molecule has 10 heteroatoms. The van der Waals surface area contributed by atoms with Crippen LogP contribution in [0.4, 0.5) is 26.3 Å². The summed E-state index contributed by atoms with van der Waals surface area (Å²) < 4.78 is 89.8. The zero-order valence-corrected chi connectivity index (χ0v) is 19.3. The van der Waals surface area contributed by atoms with E-state index in [4.69, 9.17) is 4.74 Å². The molecule has 2 aliphatic rings. The molecular formula is C26H25F6N3O. The Morgan fingerprint density at radius 1 is 1.08 bits per heavy atom. The van der Waals surface area contributed by atoms with Crippen molar-refractivity contribution in [3.05, 3.63) is 76.9 Å². The number of alkyl halides is 3. The maximum absolute atomic E-state index is 15.4. The summed E-state index contributed by atoms with van der Waals surface area (Å²) in [6, 6.07) is 4.85. The van der Waals surface area contributed by atoms with E-state index in [-0.39, 0.29) is 37.1 Å². The first-order valence-electron chi connectivity index (χ1n) is 11.7. The molecule has 1 aromatic heterocycles. The predicted molar refractivity (Wildman–Crippen MR) is 123 cm³/mol. The van der Waals surface area contributed by atoms with Crippen LogP contribution in [0.15, 0.2) is 42.6 Å². The minimum absolute atomic E-state index is 0.0200. The molecule has 1 fully saturated rings. The van der Waals surface area contributed by atoms with Gasteiger partial charge in [0.05, 0.1) is 18.8 Å². The lowest BCUT2D eigenvalue weighted by Gasteiger charge is -2.39. The summed E-state index contributed by atoms with van der Waals surface area (Å²) in [6.45, 7) is 4.60. The van der Waals surface area contributed by atoms with Gasteiger partial charge in [0, 0.05) is 66.4 Å². The third kappa shape index (κ3) is 4.54. The number of nitrogens with one attached hydrogen (secondary N) is 1. The van der Waals surface area contributed by atoms with Gasteiger partial charge in [0.15, 0.2) is 0 Å². The van der Waals surface area contributed by atoms with Gasteiger partial charge in [0.25, 0.3) is 6.43 Å². The van der Waals surface area contributed by atoms with E-state index >= 15 is 8.78 Å². The summed E-state index contributed by atoms with van der Waals surface area (Å²) in [4.78, 5) is 6.22. The highest BCUT2D eigenvalue weighted by atomic mass is 19.3. The van der Waals surface area contributed by atoms with Crippen molar-refractivity contribution in [2.45, 2.75) is 18.9 Å². The Balaban J connectivity index is 1.47. The normalized spacial score (nSPS) is 18.7. The number of allylic oxidation sites excluding steroid dienone is 1. The van der Waals surface area contributed by atoms with Gasteiger partial charge in [0.1, 0.15) is 35.8 Å². The van der Waals surface area contributed by atoms with Crippen molar-refractivity contribution in [3.63, 3.8) is 0 Å². The summed E-state index contributed by atoms with van der Waals surface area (Å²) >= 11 is 0. The third-order valence-electron chi connectivity index (χ3n) is 6.86. The van der Waals surface area contributed by atoms with E-state index in [1.54, 1.807) is 0 Å². The molecule has 36 heavy (non-hydrogen) atoms. The van der Waals surface area contributed by atoms with Gasteiger partial charge < -0.3 is 14.6 Å². The smallest absolute Gasteiger partial charge is 0.255 e. The van der Waals surface area contributed by atoms with E-state index in [9.17, 15) is 17.6 Å². The fraction of sp³-hybridized carbons (Fsp3) is 0.385. The van der Waals surface area contributed by atoms with Crippen LogP contribution >= 0.6 is 0 Å². The van der Waals surface area contributed by atoms with Gasteiger partial charge in [-0.2, -0.15) is 0 Å². The van der Waals surface area contributed by atoms with Crippen LogP contribution in [0.25, 0.3) is 10.9 Å². The molecule has 1 atom stereocenters. The number of hydrogen-bond donors (Lipinski definition) is 1. The van der Waals surface area contributed by atoms with Gasteiger partial charge in [-0.05, 0) is 23.8 Å². The second-order valence-electron chi connectivity index (χ2n) is 9.33. The summed E-state index contributed by atoms with van der Waals surface area (Å²) in [7, 11) is 0. The second kappa shape index (κ2) is 9.72. The van der Waals surface area contributed by atoms with E-state index in [0.29, 0.717) is 41.8 Å². The first kappa shape index (κ1) is 24.5. The molecule has 0 unspecified atom stereocenters. The van der Waals surface area contributed by atoms with E-state index in [1.165, 1.54) is 23.1 Å². The van der Waals surface area contributed by atoms with Crippen molar-refractivity contribution in [2.24, 2.45) is 5.92 Å². The predicted octanol–water partition coefficient (Wildman–Crippen LogP) is 5.59. The van der Waals surface area contributed by atoms with Crippen molar-refractivity contribution in [1.82, 2.24) is 14.8 Å². The molecule has 0 saturated carbocycles. The molecule has 0 amide bonds. The Bertz CT molecular complexity index is 1260. The molecule has 0 aliphatic carbocycles. The number of rotatable bonds is 8. The van der Waals surface area contributed by atoms with Crippen LogP contribution in [-0.2, 0) is 6.42 Å². The average molecular weight is 509 g/mol. The van der Waals surface area contributed by atoms with Gasteiger partial charge in [0.2, 0.25) is 0 Å². The molecule has 3 aromatic rings. The minimum Gasteiger partial charge on any atom is -0.492 e. The monoisotopic (exact) mass is 509 g/mol. The number of H-pyrrole nitrogens is 1. The molecule has 1 N–H and O–H groups in total. The van der Waals surface area contributed by atoms with Gasteiger partial charge in [-0.1, -0.05) is 6.58 Å². The number of fused-ring (bicyclic) bond motifs is 3. The minimum atomic E-state index is -2.78. The molecule has 1 saturated heterocycles. The Hall–Kier alpha value is -3.14. The van der Waals surface area contributed by atoms with Crippen LogP contribution in [-0.4, -0.2) is 60.7 Å². The Labute approximate surface area is 204 Å². The van der Waals surface area contributed by atoms with E-state index in [2.05, 4.69) is 11.6 Å². The molecule has 5 rings (SSSR count). The maximum atomic E-state index is 15.4. The first-order valence-corrected chi connectivity index (χ1v) is 11.7. The van der Waals surface area contributed by atoms with Crippen LogP contribution < -0.4 is 4.74 Å². The number of halogens is 6. The summed E-state index contributed by atoms with van der Waals surface area (Å²) in [6.07, 6.45) is -2.65. The number of benzene rings is 2. The zero-order chi connectivity index (χ0) is 25.6. The van der Waals surface area contributed by atoms with Crippen molar-refractivity contribution in [1.29, 1.82) is 0 Å². The molecule has 4 nitrogen and oxygen atoms in total. The zero-order valence-electron chi connectivity index (χ0n) is 19.3. The van der Waals surface area contributed by atoms with Crippen LogP contribution in [0.5, 0.6) is 5.75 Å². The van der Waals surface area contributed by atoms with Gasteiger partial charge >= 0.3 is 0 Å². The van der Waals surface area contributed by atoms with Crippen molar-refractivity contribution >= 4 is 10.9 Å². The SMILES string of the molecule is C=C1Cc2c([nH]c3ccc(F)cc23)[C@@H](c2c(F)cc(OCCN3CC(CF)C3)cc2F)N1CC(F)F. The lowest BCUT2D eigenvalue weighted by atomic mass is 9.90. The third-order valence-corrected chi connectivity index (χ3v) is 6.86. The molecular weight excluding hydrogens is 484 g/mol. The number of likely N-dealkylation sites (tertiary alicyclic amines) is 1. The van der Waals surface area contributed by atoms with Crippen LogP contribution in [0.2, 0.25) is 0 Å². The number of nitrogens with zero attached hydrogens (tertiary/aromatic N) is 2. The molecule has 0 bridgehead atoms. The largest absolute Gasteiger partial charge is 0.492 e.